The first kappa shape index (κ1) is 7.98. The Kier molecular flexibility index (Phi) is 2.41. The zero-order valence-corrected chi connectivity index (χ0v) is 6.85. The minimum absolute atomic E-state index is 0.112. The van der Waals surface area contributed by atoms with E-state index in [4.69, 9.17) is 0 Å². The summed E-state index contributed by atoms with van der Waals surface area (Å²) >= 11 is 0. The van der Waals surface area contributed by atoms with Crippen molar-refractivity contribution < 1.29 is 0 Å². The first-order chi connectivity index (χ1) is 5.27. The minimum Gasteiger partial charge on any atom is -0.268 e. The molecule has 1 N–H and O–H groups in total. The summed E-state index contributed by atoms with van der Waals surface area (Å²) in [7, 11) is 0. The predicted octanol–water partition coefficient (Wildman–Crippen LogP) is 0.895. The van der Waals surface area contributed by atoms with Gasteiger partial charge >= 0.3 is 0 Å². The monoisotopic (exact) mass is 152 g/mol. The molecule has 3 nitrogen and oxygen atoms in total. The van der Waals surface area contributed by atoms with Gasteiger partial charge in [-0.2, -0.15) is 5.10 Å². The maximum absolute atomic E-state index is 10.8. The third-order valence-corrected chi connectivity index (χ3v) is 1.69. The highest BCUT2D eigenvalue weighted by Gasteiger charge is 1.99. The lowest BCUT2D eigenvalue weighted by atomic mass is 10.1. The Morgan fingerprint density at radius 1 is 1.45 bits per heavy atom. The fourth-order valence-corrected chi connectivity index (χ4v) is 1.08. The lowest BCUT2D eigenvalue weighted by Gasteiger charge is -2.00. The van der Waals surface area contributed by atoms with E-state index in [1.807, 2.05) is 13.8 Å². The third kappa shape index (κ3) is 1.67. The van der Waals surface area contributed by atoms with Crippen molar-refractivity contribution in [2.45, 2.75) is 26.7 Å². The largest absolute Gasteiger partial charge is 0.268 e. The number of hydrogen-bond acceptors (Lipinski definition) is 2. The molecule has 0 spiro atoms. The zero-order chi connectivity index (χ0) is 8.27. The van der Waals surface area contributed by atoms with Gasteiger partial charge in [-0.25, -0.2) is 5.10 Å². The predicted molar refractivity (Wildman–Crippen MR) is 43.6 cm³/mol. The summed E-state index contributed by atoms with van der Waals surface area (Å²) in [6.45, 7) is 4.05. The molecule has 11 heavy (non-hydrogen) atoms. The lowest BCUT2D eigenvalue weighted by Crippen LogP contribution is -2.11. The van der Waals surface area contributed by atoms with Crippen LogP contribution in [0.15, 0.2) is 10.9 Å². The topological polar surface area (TPSA) is 45.8 Å². The summed E-state index contributed by atoms with van der Waals surface area (Å²) in [6.07, 6.45) is 1.75. The summed E-state index contributed by atoms with van der Waals surface area (Å²) in [6, 6.07) is 1.62. The summed E-state index contributed by atoms with van der Waals surface area (Å²) < 4.78 is 0. The van der Waals surface area contributed by atoms with E-state index in [0.717, 1.165) is 24.1 Å². The van der Waals surface area contributed by atoms with Crippen molar-refractivity contribution in [1.29, 1.82) is 0 Å². The number of nitrogens with zero attached hydrogens (tertiary/aromatic N) is 1. The van der Waals surface area contributed by atoms with E-state index in [2.05, 4.69) is 10.2 Å². The van der Waals surface area contributed by atoms with Crippen LogP contribution in [-0.2, 0) is 12.8 Å². The molecule has 0 saturated heterocycles. The highest BCUT2D eigenvalue weighted by Crippen LogP contribution is 2.02. The van der Waals surface area contributed by atoms with Crippen LogP contribution in [-0.4, -0.2) is 10.2 Å². The second kappa shape index (κ2) is 3.32. The highest BCUT2D eigenvalue weighted by molar-refractivity contribution is 5.16. The van der Waals surface area contributed by atoms with Crippen LogP contribution in [0, 0.1) is 0 Å². The molecule has 1 heterocycles. The molecule has 60 valence electrons. The fourth-order valence-electron chi connectivity index (χ4n) is 1.08. The highest BCUT2D eigenvalue weighted by atomic mass is 16.1. The molecule has 0 aliphatic rings. The first-order valence-electron chi connectivity index (χ1n) is 3.85. The van der Waals surface area contributed by atoms with Gasteiger partial charge in [0, 0.05) is 6.07 Å². The van der Waals surface area contributed by atoms with Crippen molar-refractivity contribution in [3.05, 3.63) is 27.7 Å². The normalized spacial score (nSPS) is 10.0. The number of H-pyrrole nitrogens is 1. The van der Waals surface area contributed by atoms with Crippen molar-refractivity contribution in [3.8, 4) is 0 Å². The van der Waals surface area contributed by atoms with Crippen LogP contribution < -0.4 is 5.56 Å². The summed E-state index contributed by atoms with van der Waals surface area (Å²) in [4.78, 5) is 10.8. The molecule has 0 radical (unpaired) electrons. The van der Waals surface area contributed by atoms with E-state index >= 15 is 0 Å². The summed E-state index contributed by atoms with van der Waals surface area (Å²) in [5, 5.41) is 6.35. The molecule has 3 heteroatoms. The van der Waals surface area contributed by atoms with Crippen molar-refractivity contribution in [1.82, 2.24) is 10.2 Å². The van der Waals surface area contributed by atoms with Gasteiger partial charge in [0.1, 0.15) is 0 Å². The fraction of sp³-hybridized carbons (Fsp3) is 0.500. The van der Waals surface area contributed by atoms with Gasteiger partial charge in [-0.05, 0) is 18.4 Å². The summed E-state index contributed by atoms with van der Waals surface area (Å²) in [5.41, 5.74) is 1.93. The minimum atomic E-state index is -0.112. The van der Waals surface area contributed by atoms with Gasteiger partial charge < -0.3 is 0 Å². The average molecular weight is 152 g/mol. The van der Waals surface area contributed by atoms with Gasteiger partial charge in [0.2, 0.25) is 0 Å². The second-order valence-electron chi connectivity index (χ2n) is 2.41. The third-order valence-electron chi connectivity index (χ3n) is 1.69. The second-order valence-corrected chi connectivity index (χ2v) is 2.41. The van der Waals surface area contributed by atoms with Crippen LogP contribution in [0.25, 0.3) is 0 Å². The molecular weight excluding hydrogens is 140 g/mol. The maximum atomic E-state index is 10.8. The van der Waals surface area contributed by atoms with Gasteiger partial charge in [0.25, 0.3) is 5.56 Å². The van der Waals surface area contributed by atoms with Gasteiger partial charge in [0.05, 0.1) is 5.69 Å². The molecule has 0 aliphatic carbocycles. The number of aromatic amines is 1. The Hall–Kier alpha value is -1.12. The van der Waals surface area contributed by atoms with E-state index in [1.165, 1.54) is 0 Å². The molecule has 0 aromatic carbocycles. The SMILES string of the molecule is CCc1cc(=O)[nH]nc1CC. The van der Waals surface area contributed by atoms with Crippen LogP contribution in [0.1, 0.15) is 25.1 Å². The van der Waals surface area contributed by atoms with Crippen LogP contribution in [0.5, 0.6) is 0 Å². The lowest BCUT2D eigenvalue weighted by molar-refractivity contribution is 0.858. The summed E-state index contributed by atoms with van der Waals surface area (Å²) in [5.74, 6) is 0. The molecule has 0 fully saturated rings. The van der Waals surface area contributed by atoms with Gasteiger partial charge in [-0.1, -0.05) is 13.8 Å². The molecule has 0 aliphatic heterocycles. The smallest absolute Gasteiger partial charge is 0.264 e. The Morgan fingerprint density at radius 3 is 2.73 bits per heavy atom. The molecular formula is C8H12N2O. The number of nitrogens with one attached hydrogen (secondary N) is 1. The Balaban J connectivity index is 3.16. The standard InChI is InChI=1S/C8H12N2O/c1-3-6-5-8(11)10-9-7(6)4-2/h5H,3-4H2,1-2H3,(H,10,11). The molecule has 0 unspecified atom stereocenters. The molecule has 1 rings (SSSR count). The first-order valence-corrected chi connectivity index (χ1v) is 3.85. The van der Waals surface area contributed by atoms with Crippen molar-refractivity contribution in [2.24, 2.45) is 0 Å². The van der Waals surface area contributed by atoms with Gasteiger partial charge in [0.15, 0.2) is 0 Å². The maximum Gasteiger partial charge on any atom is 0.264 e. The van der Waals surface area contributed by atoms with E-state index < -0.39 is 0 Å². The average Bonchev–Trinajstić information content (AvgIpc) is 2.04. The Morgan fingerprint density at radius 2 is 2.18 bits per heavy atom. The Bertz CT molecular complexity index is 290. The molecule has 0 bridgehead atoms. The van der Waals surface area contributed by atoms with Crippen molar-refractivity contribution in [2.75, 3.05) is 0 Å². The number of hydrogen-bond donors (Lipinski definition) is 1. The molecule has 0 atom stereocenters. The zero-order valence-electron chi connectivity index (χ0n) is 6.85. The quantitative estimate of drug-likeness (QED) is 0.684. The Labute approximate surface area is 65.5 Å². The van der Waals surface area contributed by atoms with E-state index in [0.29, 0.717) is 0 Å². The molecule has 1 aromatic rings. The van der Waals surface area contributed by atoms with Gasteiger partial charge in [-0.15, -0.1) is 0 Å². The molecule has 0 amide bonds. The van der Waals surface area contributed by atoms with E-state index in [1.54, 1.807) is 6.07 Å². The van der Waals surface area contributed by atoms with Gasteiger partial charge in [-0.3, -0.25) is 4.79 Å². The van der Waals surface area contributed by atoms with Crippen LogP contribution in [0.4, 0.5) is 0 Å². The molecule has 1 aromatic heterocycles. The number of rotatable bonds is 2. The van der Waals surface area contributed by atoms with Crippen molar-refractivity contribution in [3.63, 3.8) is 0 Å². The van der Waals surface area contributed by atoms with E-state index in [-0.39, 0.29) is 5.56 Å². The number of aromatic nitrogens is 2. The molecule has 0 saturated carbocycles. The van der Waals surface area contributed by atoms with Crippen LogP contribution in [0.2, 0.25) is 0 Å². The number of aryl methyl sites for hydroxylation is 2. The van der Waals surface area contributed by atoms with Crippen LogP contribution >= 0.6 is 0 Å². The van der Waals surface area contributed by atoms with Crippen LogP contribution in [0.3, 0.4) is 0 Å². The van der Waals surface area contributed by atoms with Crippen molar-refractivity contribution >= 4 is 0 Å². The van der Waals surface area contributed by atoms with E-state index in [9.17, 15) is 4.79 Å².